The standard InChI is InChI=1S/C22H26N2O4/c1-12-13(2)19-16(14(3)18(12)25)10-11-22(4,28-19)21(27)24-17(20(23)26)15-8-6-5-7-9-15/h5-9,17,25H,10-11H2,1-4H3,(H2,23,26)(H,24,27)/t17-,22?/m1/s1. The number of rotatable bonds is 4. The number of fused-ring (bicyclic) bond motifs is 1. The monoisotopic (exact) mass is 382 g/mol. The smallest absolute Gasteiger partial charge is 0.264 e. The van der Waals surface area contributed by atoms with E-state index in [4.69, 9.17) is 10.5 Å². The zero-order valence-corrected chi connectivity index (χ0v) is 16.6. The van der Waals surface area contributed by atoms with Gasteiger partial charge in [-0.05, 0) is 56.4 Å². The molecular weight excluding hydrogens is 356 g/mol. The van der Waals surface area contributed by atoms with Crippen molar-refractivity contribution in [2.24, 2.45) is 5.73 Å². The summed E-state index contributed by atoms with van der Waals surface area (Å²) in [5, 5.41) is 13.0. The molecule has 0 radical (unpaired) electrons. The summed E-state index contributed by atoms with van der Waals surface area (Å²) in [6.45, 7) is 7.26. The van der Waals surface area contributed by atoms with Crippen LogP contribution >= 0.6 is 0 Å². The van der Waals surface area contributed by atoms with E-state index in [-0.39, 0.29) is 5.75 Å². The van der Waals surface area contributed by atoms with Crippen LogP contribution in [0.3, 0.4) is 0 Å². The number of phenolic OH excluding ortho intramolecular Hbond substituents is 1. The number of carbonyl (C=O) groups excluding carboxylic acids is 2. The van der Waals surface area contributed by atoms with Crippen LogP contribution < -0.4 is 15.8 Å². The summed E-state index contributed by atoms with van der Waals surface area (Å²) in [4.78, 5) is 25.0. The Bertz CT molecular complexity index is 940. The SMILES string of the molecule is Cc1c(C)c2c(c(C)c1O)CCC(C)(C(=O)N[C@@H](C(N)=O)c1ccccc1)O2. The lowest BCUT2D eigenvalue weighted by Gasteiger charge is -2.37. The summed E-state index contributed by atoms with van der Waals surface area (Å²) in [5.41, 5.74) is 8.25. The highest BCUT2D eigenvalue weighted by Crippen LogP contribution is 2.43. The highest BCUT2D eigenvalue weighted by atomic mass is 16.5. The van der Waals surface area contributed by atoms with Crippen LogP contribution in [0.1, 0.15) is 47.2 Å². The first kappa shape index (κ1) is 19.7. The van der Waals surface area contributed by atoms with Crippen molar-refractivity contribution in [3.05, 3.63) is 58.1 Å². The number of nitrogens with two attached hydrogens (primary N) is 1. The van der Waals surface area contributed by atoms with E-state index in [1.807, 2.05) is 26.8 Å². The first-order valence-electron chi connectivity index (χ1n) is 9.31. The van der Waals surface area contributed by atoms with E-state index in [1.165, 1.54) is 0 Å². The minimum Gasteiger partial charge on any atom is -0.507 e. The van der Waals surface area contributed by atoms with Crippen LogP contribution in [0.25, 0.3) is 0 Å². The lowest BCUT2D eigenvalue weighted by molar-refractivity contribution is -0.139. The number of primary amides is 1. The van der Waals surface area contributed by atoms with Gasteiger partial charge in [-0.3, -0.25) is 9.59 Å². The number of aromatic hydroxyl groups is 1. The van der Waals surface area contributed by atoms with Crippen molar-refractivity contribution in [3.63, 3.8) is 0 Å². The maximum absolute atomic E-state index is 13.1. The lowest BCUT2D eigenvalue weighted by atomic mass is 9.86. The summed E-state index contributed by atoms with van der Waals surface area (Å²) < 4.78 is 6.17. The molecule has 0 spiro atoms. The van der Waals surface area contributed by atoms with Gasteiger partial charge in [-0.15, -0.1) is 0 Å². The Balaban J connectivity index is 1.90. The summed E-state index contributed by atoms with van der Waals surface area (Å²) in [5.74, 6) is -0.126. The highest BCUT2D eigenvalue weighted by molar-refractivity contribution is 5.91. The highest BCUT2D eigenvalue weighted by Gasteiger charge is 2.42. The second-order valence-corrected chi connectivity index (χ2v) is 7.58. The van der Waals surface area contributed by atoms with Crippen molar-refractivity contribution in [2.45, 2.75) is 52.2 Å². The van der Waals surface area contributed by atoms with Crippen LogP contribution in [0.4, 0.5) is 0 Å². The topological polar surface area (TPSA) is 102 Å². The zero-order chi connectivity index (χ0) is 20.6. The fourth-order valence-corrected chi connectivity index (χ4v) is 3.66. The molecule has 0 saturated heterocycles. The van der Waals surface area contributed by atoms with Gasteiger partial charge in [0.2, 0.25) is 5.91 Å². The van der Waals surface area contributed by atoms with Gasteiger partial charge in [0.15, 0.2) is 5.60 Å². The van der Waals surface area contributed by atoms with Crippen molar-refractivity contribution < 1.29 is 19.4 Å². The minimum atomic E-state index is -1.14. The molecular formula is C22H26N2O4. The van der Waals surface area contributed by atoms with Crippen LogP contribution in [0, 0.1) is 20.8 Å². The van der Waals surface area contributed by atoms with Crippen molar-refractivity contribution in [1.82, 2.24) is 5.32 Å². The van der Waals surface area contributed by atoms with E-state index in [9.17, 15) is 14.7 Å². The molecule has 0 aliphatic carbocycles. The molecule has 6 heteroatoms. The van der Waals surface area contributed by atoms with Gasteiger partial charge in [0.05, 0.1) is 0 Å². The molecule has 2 atom stereocenters. The molecule has 2 aromatic carbocycles. The Morgan fingerprint density at radius 3 is 2.39 bits per heavy atom. The molecule has 3 rings (SSSR count). The third kappa shape index (κ3) is 3.30. The molecule has 1 aliphatic heterocycles. The van der Waals surface area contributed by atoms with Gasteiger partial charge in [-0.25, -0.2) is 0 Å². The Hall–Kier alpha value is -3.02. The third-order valence-corrected chi connectivity index (χ3v) is 5.69. The van der Waals surface area contributed by atoms with E-state index in [1.54, 1.807) is 31.2 Å². The molecule has 28 heavy (non-hydrogen) atoms. The quantitative estimate of drug-likeness (QED) is 0.757. The number of carbonyl (C=O) groups is 2. The van der Waals surface area contributed by atoms with Crippen LogP contribution in [0.5, 0.6) is 11.5 Å². The van der Waals surface area contributed by atoms with E-state index in [0.717, 1.165) is 22.3 Å². The van der Waals surface area contributed by atoms with Gasteiger partial charge >= 0.3 is 0 Å². The maximum atomic E-state index is 13.1. The molecule has 2 aromatic rings. The summed E-state index contributed by atoms with van der Waals surface area (Å²) in [6.07, 6.45) is 1.02. The van der Waals surface area contributed by atoms with E-state index >= 15 is 0 Å². The molecule has 2 amide bonds. The predicted octanol–water partition coefficient (Wildman–Crippen LogP) is 2.74. The second-order valence-electron chi connectivity index (χ2n) is 7.58. The molecule has 0 aromatic heterocycles. The Labute approximate surface area is 164 Å². The number of phenols is 1. The number of hydrogen-bond donors (Lipinski definition) is 3. The largest absolute Gasteiger partial charge is 0.507 e. The first-order valence-corrected chi connectivity index (χ1v) is 9.31. The van der Waals surface area contributed by atoms with Crippen LogP contribution in [-0.2, 0) is 16.0 Å². The van der Waals surface area contributed by atoms with Gasteiger partial charge in [0.1, 0.15) is 17.5 Å². The molecule has 0 bridgehead atoms. The Morgan fingerprint density at radius 1 is 1.14 bits per heavy atom. The number of nitrogens with one attached hydrogen (secondary N) is 1. The molecule has 0 fully saturated rings. The lowest BCUT2D eigenvalue weighted by Crippen LogP contribution is -2.53. The van der Waals surface area contributed by atoms with Crippen molar-refractivity contribution in [3.8, 4) is 11.5 Å². The fourth-order valence-electron chi connectivity index (χ4n) is 3.66. The minimum absolute atomic E-state index is 0.269. The number of benzene rings is 2. The van der Waals surface area contributed by atoms with Crippen molar-refractivity contribution in [2.75, 3.05) is 0 Å². The van der Waals surface area contributed by atoms with Crippen LogP contribution in [-0.4, -0.2) is 22.5 Å². The fraction of sp³-hybridized carbons (Fsp3) is 0.364. The molecule has 4 N–H and O–H groups in total. The van der Waals surface area contributed by atoms with Gasteiger partial charge in [0.25, 0.3) is 5.91 Å². The van der Waals surface area contributed by atoms with E-state index < -0.39 is 23.5 Å². The summed E-state index contributed by atoms with van der Waals surface area (Å²) >= 11 is 0. The number of ether oxygens (including phenoxy) is 1. The Kier molecular flexibility index (Phi) is 5.06. The van der Waals surface area contributed by atoms with Crippen LogP contribution in [0.15, 0.2) is 30.3 Å². The molecule has 1 unspecified atom stereocenters. The molecule has 1 heterocycles. The van der Waals surface area contributed by atoms with Gasteiger partial charge in [-0.1, -0.05) is 30.3 Å². The van der Waals surface area contributed by atoms with E-state index in [2.05, 4.69) is 5.32 Å². The molecule has 1 aliphatic rings. The average molecular weight is 382 g/mol. The normalized spacial score (nSPS) is 19.3. The zero-order valence-electron chi connectivity index (χ0n) is 16.6. The van der Waals surface area contributed by atoms with Gasteiger partial charge < -0.3 is 20.9 Å². The molecule has 0 saturated carbocycles. The van der Waals surface area contributed by atoms with E-state index in [0.29, 0.717) is 24.2 Å². The summed E-state index contributed by atoms with van der Waals surface area (Å²) in [7, 11) is 0. The summed E-state index contributed by atoms with van der Waals surface area (Å²) in [6, 6.07) is 7.96. The van der Waals surface area contributed by atoms with Gasteiger partial charge in [-0.2, -0.15) is 0 Å². The van der Waals surface area contributed by atoms with Crippen molar-refractivity contribution >= 4 is 11.8 Å². The first-order chi connectivity index (χ1) is 13.2. The second kappa shape index (κ2) is 7.19. The third-order valence-electron chi connectivity index (χ3n) is 5.69. The number of amides is 2. The molecule has 6 nitrogen and oxygen atoms in total. The predicted molar refractivity (Wildman–Crippen MR) is 106 cm³/mol. The van der Waals surface area contributed by atoms with Crippen LogP contribution in [0.2, 0.25) is 0 Å². The number of hydrogen-bond acceptors (Lipinski definition) is 4. The maximum Gasteiger partial charge on any atom is 0.264 e. The average Bonchev–Trinajstić information content (AvgIpc) is 2.69. The Morgan fingerprint density at radius 2 is 1.79 bits per heavy atom. The molecule has 148 valence electrons. The van der Waals surface area contributed by atoms with Crippen molar-refractivity contribution in [1.29, 1.82) is 0 Å². The van der Waals surface area contributed by atoms with Gasteiger partial charge in [0, 0.05) is 12.0 Å².